The first-order chi connectivity index (χ1) is 11.7. The van der Waals surface area contributed by atoms with E-state index in [0.29, 0.717) is 18.6 Å². The van der Waals surface area contributed by atoms with Gasteiger partial charge in [-0.15, -0.1) is 0 Å². The van der Waals surface area contributed by atoms with Crippen LogP contribution in [0.15, 0.2) is 66.9 Å². The summed E-state index contributed by atoms with van der Waals surface area (Å²) in [6, 6.07) is 15.9. The van der Waals surface area contributed by atoms with Gasteiger partial charge in [-0.25, -0.2) is 4.79 Å². The molecular weight excluding hydrogens is 302 g/mol. The van der Waals surface area contributed by atoms with Crippen LogP contribution in [0.4, 0.5) is 0 Å². The summed E-state index contributed by atoms with van der Waals surface area (Å²) in [6.45, 7) is 4.29. The lowest BCUT2D eigenvalue weighted by atomic mass is 10.0. The fraction of sp³-hybridized carbons (Fsp3) is 0.150. The molecule has 0 atom stereocenters. The summed E-state index contributed by atoms with van der Waals surface area (Å²) >= 11 is 0. The van der Waals surface area contributed by atoms with Crippen molar-refractivity contribution in [2.75, 3.05) is 7.11 Å². The minimum Gasteiger partial charge on any atom is -0.488 e. The molecule has 4 heteroatoms. The highest BCUT2D eigenvalue weighted by Crippen LogP contribution is 2.30. The van der Waals surface area contributed by atoms with E-state index in [1.807, 2.05) is 54.7 Å². The second-order valence-corrected chi connectivity index (χ2v) is 5.54. The first-order valence-corrected chi connectivity index (χ1v) is 7.71. The molecule has 0 unspecified atom stereocenters. The number of carbonyl (C=O) groups is 1. The van der Waals surface area contributed by atoms with E-state index in [9.17, 15) is 4.79 Å². The molecule has 1 heterocycles. The minimum atomic E-state index is -0.396. The standard InChI is InChI=1S/C20H19NO3/c1-14(20(22)23-2)11-16-12-21-17-9-6-10-18(19(16)17)24-13-15-7-4-3-5-8-15/h3-10,12,21H,1,11,13H2,2H3. The summed E-state index contributed by atoms with van der Waals surface area (Å²) < 4.78 is 10.7. The van der Waals surface area contributed by atoms with Gasteiger partial charge in [0.25, 0.3) is 0 Å². The first-order valence-electron chi connectivity index (χ1n) is 7.71. The Morgan fingerprint density at radius 1 is 1.12 bits per heavy atom. The van der Waals surface area contributed by atoms with Gasteiger partial charge >= 0.3 is 5.97 Å². The third kappa shape index (κ3) is 3.33. The Morgan fingerprint density at radius 3 is 2.67 bits per heavy atom. The van der Waals surface area contributed by atoms with Crippen LogP contribution in [0, 0.1) is 0 Å². The second-order valence-electron chi connectivity index (χ2n) is 5.54. The quantitative estimate of drug-likeness (QED) is 0.551. The Morgan fingerprint density at radius 2 is 1.92 bits per heavy atom. The number of ether oxygens (including phenoxy) is 2. The molecule has 0 spiro atoms. The molecule has 0 aliphatic rings. The molecule has 1 N–H and O–H groups in total. The molecule has 122 valence electrons. The highest BCUT2D eigenvalue weighted by molar-refractivity contribution is 5.93. The van der Waals surface area contributed by atoms with Gasteiger partial charge in [-0.1, -0.05) is 43.0 Å². The van der Waals surface area contributed by atoms with Crippen molar-refractivity contribution in [1.82, 2.24) is 4.98 Å². The number of esters is 1. The maximum absolute atomic E-state index is 11.6. The van der Waals surface area contributed by atoms with Gasteiger partial charge in [0.05, 0.1) is 7.11 Å². The van der Waals surface area contributed by atoms with E-state index in [1.165, 1.54) is 7.11 Å². The van der Waals surface area contributed by atoms with Crippen molar-refractivity contribution in [2.45, 2.75) is 13.0 Å². The average Bonchev–Trinajstić information content (AvgIpc) is 3.03. The molecule has 3 aromatic rings. The van der Waals surface area contributed by atoms with E-state index >= 15 is 0 Å². The van der Waals surface area contributed by atoms with Crippen molar-refractivity contribution in [3.63, 3.8) is 0 Å². The van der Waals surface area contributed by atoms with E-state index in [-0.39, 0.29) is 0 Å². The van der Waals surface area contributed by atoms with E-state index in [0.717, 1.165) is 27.8 Å². The molecule has 24 heavy (non-hydrogen) atoms. The van der Waals surface area contributed by atoms with Gasteiger partial charge in [-0.05, 0) is 23.3 Å². The van der Waals surface area contributed by atoms with Crippen LogP contribution in [0.5, 0.6) is 5.75 Å². The van der Waals surface area contributed by atoms with Crippen molar-refractivity contribution in [3.8, 4) is 5.75 Å². The number of aromatic amines is 1. The van der Waals surface area contributed by atoms with Crippen LogP contribution >= 0.6 is 0 Å². The Kier molecular flexibility index (Phi) is 4.66. The molecule has 0 fully saturated rings. The number of hydrogen-bond acceptors (Lipinski definition) is 3. The number of benzene rings is 2. The van der Waals surface area contributed by atoms with E-state index in [4.69, 9.17) is 9.47 Å². The summed E-state index contributed by atoms with van der Waals surface area (Å²) in [7, 11) is 1.36. The van der Waals surface area contributed by atoms with Crippen LogP contribution in [0.2, 0.25) is 0 Å². The van der Waals surface area contributed by atoms with Gasteiger partial charge in [0.1, 0.15) is 12.4 Å². The number of aromatic nitrogens is 1. The number of rotatable bonds is 6. The van der Waals surface area contributed by atoms with Gasteiger partial charge in [0.2, 0.25) is 0 Å². The summed E-state index contributed by atoms with van der Waals surface area (Å²) in [6.07, 6.45) is 2.30. The van der Waals surface area contributed by atoms with Gasteiger partial charge in [0, 0.05) is 29.1 Å². The van der Waals surface area contributed by atoms with Crippen LogP contribution in [-0.4, -0.2) is 18.1 Å². The molecule has 0 saturated carbocycles. The molecule has 0 aliphatic heterocycles. The number of methoxy groups -OCH3 is 1. The highest BCUT2D eigenvalue weighted by Gasteiger charge is 2.14. The van der Waals surface area contributed by atoms with Crippen molar-refractivity contribution in [1.29, 1.82) is 0 Å². The molecule has 2 aromatic carbocycles. The Balaban J connectivity index is 1.86. The van der Waals surface area contributed by atoms with Crippen molar-refractivity contribution >= 4 is 16.9 Å². The lowest BCUT2D eigenvalue weighted by Crippen LogP contribution is -2.06. The molecule has 0 amide bonds. The predicted octanol–water partition coefficient (Wildman–Crippen LogP) is 4.02. The number of carbonyl (C=O) groups excluding carboxylic acids is 1. The molecule has 1 aromatic heterocycles. The summed E-state index contributed by atoms with van der Waals surface area (Å²) in [4.78, 5) is 14.8. The number of H-pyrrole nitrogens is 1. The molecule has 0 radical (unpaired) electrons. The third-order valence-corrected chi connectivity index (χ3v) is 3.86. The normalized spacial score (nSPS) is 10.5. The zero-order valence-corrected chi connectivity index (χ0v) is 13.5. The van der Waals surface area contributed by atoms with Gasteiger partial charge < -0.3 is 14.5 Å². The predicted molar refractivity (Wildman–Crippen MR) is 93.9 cm³/mol. The van der Waals surface area contributed by atoms with Gasteiger partial charge in [-0.3, -0.25) is 0 Å². The maximum Gasteiger partial charge on any atom is 0.333 e. The van der Waals surface area contributed by atoms with Crippen molar-refractivity contribution < 1.29 is 14.3 Å². The average molecular weight is 321 g/mol. The molecule has 4 nitrogen and oxygen atoms in total. The third-order valence-electron chi connectivity index (χ3n) is 3.86. The molecule has 0 bridgehead atoms. The lowest BCUT2D eigenvalue weighted by Gasteiger charge is -2.10. The van der Waals surface area contributed by atoms with Crippen LogP contribution in [0.3, 0.4) is 0 Å². The Labute approximate surface area is 140 Å². The monoisotopic (exact) mass is 321 g/mol. The summed E-state index contributed by atoms with van der Waals surface area (Å²) in [5, 5.41) is 0.971. The second kappa shape index (κ2) is 7.04. The van der Waals surface area contributed by atoms with Crippen LogP contribution in [0.25, 0.3) is 10.9 Å². The summed E-state index contributed by atoms with van der Waals surface area (Å²) in [5.74, 6) is 0.386. The smallest absolute Gasteiger partial charge is 0.333 e. The SMILES string of the molecule is C=C(Cc1c[nH]c2cccc(OCc3ccccc3)c12)C(=O)OC. The lowest BCUT2D eigenvalue weighted by molar-refractivity contribution is -0.136. The minimum absolute atomic E-state index is 0.396. The first kappa shape index (κ1) is 15.9. The van der Waals surface area contributed by atoms with Crippen LogP contribution in [-0.2, 0) is 22.6 Å². The van der Waals surface area contributed by atoms with Crippen LogP contribution in [0.1, 0.15) is 11.1 Å². The number of nitrogens with one attached hydrogen (secondary N) is 1. The molecule has 0 aliphatic carbocycles. The molecular formula is C20H19NO3. The Bertz CT molecular complexity index is 865. The largest absolute Gasteiger partial charge is 0.488 e. The van der Waals surface area contributed by atoms with E-state index in [1.54, 1.807) is 0 Å². The fourth-order valence-electron chi connectivity index (χ4n) is 2.66. The van der Waals surface area contributed by atoms with Crippen LogP contribution < -0.4 is 4.74 Å². The van der Waals surface area contributed by atoms with E-state index in [2.05, 4.69) is 11.6 Å². The topological polar surface area (TPSA) is 51.3 Å². The Hall–Kier alpha value is -3.01. The van der Waals surface area contributed by atoms with Crippen molar-refractivity contribution in [3.05, 3.63) is 78.0 Å². The fourth-order valence-corrected chi connectivity index (χ4v) is 2.66. The zero-order chi connectivity index (χ0) is 16.9. The van der Waals surface area contributed by atoms with Gasteiger partial charge in [0.15, 0.2) is 0 Å². The molecule has 3 rings (SSSR count). The summed E-state index contributed by atoms with van der Waals surface area (Å²) in [5.41, 5.74) is 3.44. The zero-order valence-electron chi connectivity index (χ0n) is 13.5. The molecule has 0 saturated heterocycles. The maximum atomic E-state index is 11.6. The van der Waals surface area contributed by atoms with Crippen molar-refractivity contribution in [2.24, 2.45) is 0 Å². The van der Waals surface area contributed by atoms with E-state index < -0.39 is 5.97 Å². The number of hydrogen-bond donors (Lipinski definition) is 1. The highest BCUT2D eigenvalue weighted by atomic mass is 16.5. The van der Waals surface area contributed by atoms with Gasteiger partial charge in [-0.2, -0.15) is 0 Å². The number of fused-ring (bicyclic) bond motifs is 1.